The van der Waals surface area contributed by atoms with E-state index in [1.54, 1.807) is 23.6 Å². The number of nitrogens with one attached hydrogen (secondary N) is 1. The van der Waals surface area contributed by atoms with E-state index >= 15 is 0 Å². The van der Waals surface area contributed by atoms with Gasteiger partial charge in [-0.25, -0.2) is 8.78 Å². The van der Waals surface area contributed by atoms with Crippen LogP contribution in [0, 0.1) is 11.6 Å². The van der Waals surface area contributed by atoms with Gasteiger partial charge in [0.25, 0.3) is 0 Å². The van der Waals surface area contributed by atoms with E-state index in [4.69, 9.17) is 0 Å². The molecule has 6 heteroatoms. The molecule has 0 aromatic heterocycles. The monoisotopic (exact) mass is 314 g/mol. The molecular weight excluding hydrogens is 294 g/mol. The number of carbonyl (C=O) groups is 1. The summed E-state index contributed by atoms with van der Waals surface area (Å²) in [6, 6.07) is 3.14. The summed E-state index contributed by atoms with van der Waals surface area (Å²) in [6.45, 7) is 2.34. The maximum atomic E-state index is 14.0. The zero-order chi connectivity index (χ0) is 15.4. The van der Waals surface area contributed by atoms with Gasteiger partial charge < -0.3 is 4.90 Å². The number of halogens is 2. The molecule has 3 nitrogen and oxygen atoms in total. The van der Waals surface area contributed by atoms with Crippen LogP contribution in [0.25, 0.3) is 0 Å². The van der Waals surface area contributed by atoms with Gasteiger partial charge in [0.05, 0.1) is 6.04 Å². The molecule has 0 radical (unpaired) electrons. The molecule has 2 atom stereocenters. The molecule has 0 saturated carbocycles. The molecule has 1 fully saturated rings. The Morgan fingerprint density at radius 1 is 1.33 bits per heavy atom. The van der Waals surface area contributed by atoms with Crippen molar-refractivity contribution in [1.29, 1.82) is 0 Å². The molecule has 1 aliphatic rings. The molecule has 0 bridgehead atoms. The highest BCUT2D eigenvalue weighted by molar-refractivity contribution is 7.98. The van der Waals surface area contributed by atoms with Crippen LogP contribution in [0.5, 0.6) is 0 Å². The predicted octanol–water partition coefficient (Wildman–Crippen LogP) is 2.93. The van der Waals surface area contributed by atoms with Crippen molar-refractivity contribution in [2.75, 3.05) is 18.6 Å². The maximum Gasteiger partial charge on any atom is 0.241 e. The van der Waals surface area contributed by atoms with Crippen LogP contribution in [-0.4, -0.2) is 35.4 Å². The molecule has 0 aliphatic carbocycles. The smallest absolute Gasteiger partial charge is 0.241 e. The number of benzene rings is 1. The Hall–Kier alpha value is -1.14. The molecular formula is C15H20F2N2OS. The van der Waals surface area contributed by atoms with Gasteiger partial charge >= 0.3 is 0 Å². The first-order valence-electron chi connectivity index (χ1n) is 7.05. The van der Waals surface area contributed by atoms with Crippen molar-refractivity contribution in [2.24, 2.45) is 0 Å². The van der Waals surface area contributed by atoms with Crippen LogP contribution < -0.4 is 5.32 Å². The average Bonchev–Trinajstić information content (AvgIpc) is 2.71. The Morgan fingerprint density at radius 3 is 2.76 bits per heavy atom. The minimum atomic E-state index is -0.622. The van der Waals surface area contributed by atoms with Crippen molar-refractivity contribution in [1.82, 2.24) is 10.2 Å². The highest BCUT2D eigenvalue weighted by atomic mass is 32.2. The Bertz CT molecular complexity index is 512. The molecule has 0 spiro atoms. The number of hydrogen-bond acceptors (Lipinski definition) is 3. The van der Waals surface area contributed by atoms with Gasteiger partial charge in [-0.2, -0.15) is 11.8 Å². The zero-order valence-electron chi connectivity index (χ0n) is 12.2. The SMILES string of the molecule is CSCCCCN1C(=O)C(C)NC1c1ccc(F)cc1F. The molecule has 1 aromatic rings. The minimum absolute atomic E-state index is 0.0344. The van der Waals surface area contributed by atoms with Gasteiger partial charge in [0.1, 0.15) is 17.8 Å². The zero-order valence-corrected chi connectivity index (χ0v) is 13.1. The summed E-state index contributed by atoms with van der Waals surface area (Å²) in [5, 5.41) is 3.08. The molecule has 2 rings (SSSR count). The number of carbonyl (C=O) groups excluding carboxylic acids is 1. The molecule has 1 amide bonds. The first-order valence-corrected chi connectivity index (χ1v) is 8.44. The fourth-order valence-electron chi connectivity index (χ4n) is 2.52. The van der Waals surface area contributed by atoms with E-state index in [-0.39, 0.29) is 11.9 Å². The van der Waals surface area contributed by atoms with Crippen LogP contribution >= 0.6 is 11.8 Å². The molecule has 21 heavy (non-hydrogen) atoms. The summed E-state index contributed by atoms with van der Waals surface area (Å²) < 4.78 is 27.0. The van der Waals surface area contributed by atoms with Gasteiger partial charge in [-0.15, -0.1) is 0 Å². The van der Waals surface area contributed by atoms with E-state index in [9.17, 15) is 13.6 Å². The Balaban J connectivity index is 2.13. The lowest BCUT2D eigenvalue weighted by atomic mass is 10.1. The summed E-state index contributed by atoms with van der Waals surface area (Å²) in [5.41, 5.74) is 0.318. The largest absolute Gasteiger partial charge is 0.321 e. The number of unbranched alkanes of at least 4 members (excludes halogenated alkanes) is 1. The van der Waals surface area contributed by atoms with Gasteiger partial charge in [0.15, 0.2) is 0 Å². The molecule has 1 aromatic carbocycles. The summed E-state index contributed by atoms with van der Waals surface area (Å²) in [7, 11) is 0. The summed E-state index contributed by atoms with van der Waals surface area (Å²) in [5.74, 6) is -0.225. The van der Waals surface area contributed by atoms with Crippen LogP contribution in [0.2, 0.25) is 0 Å². The molecule has 1 N–H and O–H groups in total. The standard InChI is InChI=1S/C15H20F2N2OS/c1-10-15(20)19(7-3-4-8-21-2)14(18-10)12-6-5-11(16)9-13(12)17/h5-6,9-10,14,18H,3-4,7-8H2,1-2H3. The van der Waals surface area contributed by atoms with Gasteiger partial charge in [0, 0.05) is 18.2 Å². The first kappa shape index (κ1) is 16.2. The van der Waals surface area contributed by atoms with Gasteiger partial charge in [-0.05, 0) is 43.9 Å². The van der Waals surface area contributed by atoms with Gasteiger partial charge in [-0.3, -0.25) is 10.1 Å². The van der Waals surface area contributed by atoms with Crippen LogP contribution in [0.1, 0.15) is 31.5 Å². The third-order valence-electron chi connectivity index (χ3n) is 3.63. The Kier molecular flexibility index (Phi) is 5.58. The number of rotatable bonds is 6. The second kappa shape index (κ2) is 7.22. The second-order valence-electron chi connectivity index (χ2n) is 5.19. The van der Waals surface area contributed by atoms with Crippen molar-refractivity contribution < 1.29 is 13.6 Å². The van der Waals surface area contributed by atoms with E-state index < -0.39 is 17.8 Å². The van der Waals surface area contributed by atoms with Gasteiger partial charge in [-0.1, -0.05) is 0 Å². The Morgan fingerprint density at radius 2 is 2.10 bits per heavy atom. The molecule has 1 aliphatic heterocycles. The van der Waals surface area contributed by atoms with Crippen molar-refractivity contribution in [3.63, 3.8) is 0 Å². The van der Waals surface area contributed by atoms with Crippen molar-refractivity contribution >= 4 is 17.7 Å². The molecule has 2 unspecified atom stereocenters. The van der Waals surface area contributed by atoms with E-state index in [1.165, 1.54) is 12.1 Å². The third-order valence-corrected chi connectivity index (χ3v) is 4.32. The van der Waals surface area contributed by atoms with Crippen molar-refractivity contribution in [3.8, 4) is 0 Å². The normalized spacial score (nSPS) is 22.1. The Labute approximate surface area is 128 Å². The minimum Gasteiger partial charge on any atom is -0.321 e. The number of nitrogens with zero attached hydrogens (tertiary/aromatic N) is 1. The van der Waals surface area contributed by atoms with E-state index in [1.807, 2.05) is 6.26 Å². The van der Waals surface area contributed by atoms with Crippen LogP contribution in [-0.2, 0) is 4.79 Å². The fraction of sp³-hybridized carbons (Fsp3) is 0.533. The average molecular weight is 314 g/mol. The van der Waals surface area contributed by atoms with Crippen molar-refractivity contribution in [2.45, 2.75) is 32.0 Å². The van der Waals surface area contributed by atoms with Crippen molar-refractivity contribution in [3.05, 3.63) is 35.4 Å². The lowest BCUT2D eigenvalue weighted by Crippen LogP contribution is -2.32. The van der Waals surface area contributed by atoms with Crippen LogP contribution in [0.4, 0.5) is 8.78 Å². The molecule has 1 heterocycles. The van der Waals surface area contributed by atoms with Crippen LogP contribution in [0.3, 0.4) is 0 Å². The number of hydrogen-bond donors (Lipinski definition) is 1. The quantitative estimate of drug-likeness (QED) is 0.820. The number of amides is 1. The summed E-state index contributed by atoms with van der Waals surface area (Å²) in [6.07, 6.45) is 3.42. The van der Waals surface area contributed by atoms with Crippen LogP contribution in [0.15, 0.2) is 18.2 Å². The molecule has 1 saturated heterocycles. The van der Waals surface area contributed by atoms with Gasteiger partial charge in [0.2, 0.25) is 5.91 Å². The topological polar surface area (TPSA) is 32.3 Å². The lowest BCUT2D eigenvalue weighted by Gasteiger charge is -2.25. The van der Waals surface area contributed by atoms with E-state index in [0.717, 1.165) is 24.7 Å². The lowest BCUT2D eigenvalue weighted by molar-refractivity contribution is -0.129. The van der Waals surface area contributed by atoms with E-state index in [2.05, 4.69) is 5.32 Å². The fourth-order valence-corrected chi connectivity index (χ4v) is 3.02. The highest BCUT2D eigenvalue weighted by Crippen LogP contribution is 2.28. The predicted molar refractivity (Wildman–Crippen MR) is 81.0 cm³/mol. The maximum absolute atomic E-state index is 14.0. The highest BCUT2D eigenvalue weighted by Gasteiger charge is 2.37. The van der Waals surface area contributed by atoms with E-state index in [0.29, 0.717) is 12.1 Å². The second-order valence-corrected chi connectivity index (χ2v) is 6.17. The third kappa shape index (κ3) is 3.74. The first-order chi connectivity index (χ1) is 10.0. The molecule has 116 valence electrons. The summed E-state index contributed by atoms with van der Waals surface area (Å²) >= 11 is 1.77. The summed E-state index contributed by atoms with van der Waals surface area (Å²) in [4.78, 5) is 13.8. The number of thioether (sulfide) groups is 1.